The second kappa shape index (κ2) is 4.27. The van der Waals surface area contributed by atoms with Gasteiger partial charge in [0.25, 0.3) is 0 Å². The van der Waals surface area contributed by atoms with Gasteiger partial charge >= 0.3 is 12.2 Å². The Bertz CT molecular complexity index is 286. The van der Waals surface area contributed by atoms with E-state index < -0.39 is 12.8 Å². The standard InChI is InChI=1S/C6H8F3N3O2/c7-6(8,9)3-13-2-1-4-11-5(10)14-12-4/h1-3H2,(H2,10,11,12). The Kier molecular flexibility index (Phi) is 3.28. The third kappa shape index (κ3) is 4.08. The molecule has 0 amide bonds. The molecule has 1 rings (SSSR count). The van der Waals surface area contributed by atoms with Crippen molar-refractivity contribution in [3.63, 3.8) is 0 Å². The summed E-state index contributed by atoms with van der Waals surface area (Å²) in [6.07, 6.45) is -4.17. The lowest BCUT2D eigenvalue weighted by atomic mass is 10.4. The monoisotopic (exact) mass is 211 g/mol. The van der Waals surface area contributed by atoms with Gasteiger partial charge in [0, 0.05) is 6.42 Å². The Morgan fingerprint density at radius 3 is 2.64 bits per heavy atom. The fourth-order valence-corrected chi connectivity index (χ4v) is 0.720. The highest BCUT2D eigenvalue weighted by Gasteiger charge is 2.27. The first-order chi connectivity index (χ1) is 6.47. The minimum Gasteiger partial charge on any atom is -0.372 e. The quantitative estimate of drug-likeness (QED) is 0.744. The lowest BCUT2D eigenvalue weighted by molar-refractivity contribution is -0.173. The van der Waals surface area contributed by atoms with Gasteiger partial charge < -0.3 is 15.0 Å². The zero-order chi connectivity index (χ0) is 10.6. The molecule has 5 nitrogen and oxygen atoms in total. The summed E-state index contributed by atoms with van der Waals surface area (Å²) >= 11 is 0. The van der Waals surface area contributed by atoms with Gasteiger partial charge in [-0.25, -0.2) is 0 Å². The van der Waals surface area contributed by atoms with Crippen LogP contribution in [-0.2, 0) is 11.2 Å². The first-order valence-electron chi connectivity index (χ1n) is 3.70. The molecule has 8 heteroatoms. The number of nitrogens with two attached hydrogens (primary N) is 1. The number of halogens is 3. The number of hydrogen-bond acceptors (Lipinski definition) is 5. The molecule has 0 saturated heterocycles. The molecule has 0 atom stereocenters. The molecule has 80 valence electrons. The lowest BCUT2D eigenvalue weighted by Gasteiger charge is -2.05. The Morgan fingerprint density at radius 1 is 1.43 bits per heavy atom. The van der Waals surface area contributed by atoms with Crippen molar-refractivity contribution in [2.24, 2.45) is 0 Å². The summed E-state index contributed by atoms with van der Waals surface area (Å²) in [4.78, 5) is 3.58. The molecule has 0 radical (unpaired) electrons. The Balaban J connectivity index is 2.16. The summed E-state index contributed by atoms with van der Waals surface area (Å²) in [7, 11) is 0. The Labute approximate surface area is 77.0 Å². The fraction of sp³-hybridized carbons (Fsp3) is 0.667. The normalized spacial score (nSPS) is 11.9. The van der Waals surface area contributed by atoms with E-state index in [2.05, 4.69) is 19.4 Å². The second-order valence-corrected chi connectivity index (χ2v) is 2.47. The van der Waals surface area contributed by atoms with Crippen LogP contribution in [0.2, 0.25) is 0 Å². The molecule has 0 aliphatic carbocycles. The SMILES string of the molecule is Nc1nc(CCOCC(F)(F)F)no1. The van der Waals surface area contributed by atoms with Crippen LogP contribution in [0.15, 0.2) is 4.52 Å². The highest BCUT2D eigenvalue weighted by molar-refractivity contribution is 5.06. The zero-order valence-electron chi connectivity index (χ0n) is 7.04. The van der Waals surface area contributed by atoms with E-state index in [0.29, 0.717) is 0 Å². The van der Waals surface area contributed by atoms with Crippen molar-refractivity contribution in [3.05, 3.63) is 5.82 Å². The summed E-state index contributed by atoms with van der Waals surface area (Å²) in [5, 5.41) is 3.38. The first-order valence-corrected chi connectivity index (χ1v) is 3.70. The predicted molar refractivity (Wildman–Crippen MR) is 39.3 cm³/mol. The van der Waals surface area contributed by atoms with E-state index in [1.54, 1.807) is 0 Å². The minimum atomic E-state index is -4.31. The van der Waals surface area contributed by atoms with Crippen molar-refractivity contribution >= 4 is 6.01 Å². The largest absolute Gasteiger partial charge is 0.411 e. The number of nitrogen functional groups attached to an aromatic ring is 1. The first kappa shape index (κ1) is 10.8. The van der Waals surface area contributed by atoms with Gasteiger partial charge in [-0.05, 0) is 0 Å². The second-order valence-electron chi connectivity index (χ2n) is 2.47. The molecule has 1 aromatic heterocycles. The maximum absolute atomic E-state index is 11.6. The van der Waals surface area contributed by atoms with E-state index >= 15 is 0 Å². The van der Waals surface area contributed by atoms with Crippen LogP contribution in [0, 0.1) is 0 Å². The van der Waals surface area contributed by atoms with E-state index in [4.69, 9.17) is 5.73 Å². The molecule has 14 heavy (non-hydrogen) atoms. The molecular weight excluding hydrogens is 203 g/mol. The molecule has 0 bridgehead atoms. The summed E-state index contributed by atoms with van der Waals surface area (Å²) < 4.78 is 43.5. The Morgan fingerprint density at radius 2 is 2.14 bits per heavy atom. The van der Waals surface area contributed by atoms with Crippen LogP contribution in [0.1, 0.15) is 5.82 Å². The third-order valence-electron chi connectivity index (χ3n) is 1.22. The topological polar surface area (TPSA) is 74.2 Å². The Hall–Kier alpha value is -1.31. The van der Waals surface area contributed by atoms with Gasteiger partial charge in [0.05, 0.1) is 6.61 Å². The average molecular weight is 211 g/mol. The average Bonchev–Trinajstić information content (AvgIpc) is 2.44. The smallest absolute Gasteiger partial charge is 0.372 e. The van der Waals surface area contributed by atoms with Crippen LogP contribution in [0.3, 0.4) is 0 Å². The molecule has 0 aromatic carbocycles. The van der Waals surface area contributed by atoms with Crippen LogP contribution in [0.25, 0.3) is 0 Å². The van der Waals surface area contributed by atoms with Crippen molar-refractivity contribution in [3.8, 4) is 0 Å². The van der Waals surface area contributed by atoms with Gasteiger partial charge in [-0.3, -0.25) is 0 Å². The van der Waals surface area contributed by atoms with E-state index in [0.717, 1.165) is 0 Å². The number of rotatable bonds is 4. The van der Waals surface area contributed by atoms with E-state index in [-0.39, 0.29) is 24.9 Å². The van der Waals surface area contributed by atoms with Crippen LogP contribution in [-0.4, -0.2) is 29.5 Å². The molecular formula is C6H8F3N3O2. The number of ether oxygens (including phenoxy) is 1. The number of hydrogen-bond donors (Lipinski definition) is 1. The van der Waals surface area contributed by atoms with Crippen molar-refractivity contribution in [2.75, 3.05) is 18.9 Å². The van der Waals surface area contributed by atoms with Gasteiger partial charge in [-0.15, -0.1) is 0 Å². The van der Waals surface area contributed by atoms with Gasteiger partial charge in [0.15, 0.2) is 5.82 Å². The van der Waals surface area contributed by atoms with Crippen LogP contribution >= 0.6 is 0 Å². The van der Waals surface area contributed by atoms with E-state index in [9.17, 15) is 13.2 Å². The number of nitrogens with zero attached hydrogens (tertiary/aromatic N) is 2. The van der Waals surface area contributed by atoms with Gasteiger partial charge in [0.2, 0.25) is 0 Å². The molecule has 2 N–H and O–H groups in total. The predicted octanol–water partition coefficient (Wildman–Crippen LogP) is 0.773. The molecule has 0 aliphatic heterocycles. The van der Waals surface area contributed by atoms with Crippen molar-refractivity contribution in [2.45, 2.75) is 12.6 Å². The summed E-state index contributed by atoms with van der Waals surface area (Å²) in [5.74, 6) is 0.227. The van der Waals surface area contributed by atoms with E-state index in [1.165, 1.54) is 0 Å². The molecule has 0 saturated carbocycles. The maximum atomic E-state index is 11.6. The zero-order valence-corrected chi connectivity index (χ0v) is 7.04. The van der Waals surface area contributed by atoms with Gasteiger partial charge in [0.1, 0.15) is 6.61 Å². The fourth-order valence-electron chi connectivity index (χ4n) is 0.720. The summed E-state index contributed by atoms with van der Waals surface area (Å²) in [6.45, 7) is -1.40. The highest BCUT2D eigenvalue weighted by atomic mass is 19.4. The van der Waals surface area contributed by atoms with E-state index in [1.807, 2.05) is 0 Å². The molecule has 0 aliphatic rings. The van der Waals surface area contributed by atoms with Gasteiger partial charge in [-0.2, -0.15) is 18.2 Å². The molecule has 0 fully saturated rings. The summed E-state index contributed by atoms with van der Waals surface area (Å²) in [5.41, 5.74) is 5.09. The van der Waals surface area contributed by atoms with Crippen molar-refractivity contribution in [1.29, 1.82) is 0 Å². The number of alkyl halides is 3. The molecule has 1 heterocycles. The molecule has 0 unspecified atom stereocenters. The van der Waals surface area contributed by atoms with Crippen LogP contribution in [0.5, 0.6) is 0 Å². The lowest BCUT2D eigenvalue weighted by Crippen LogP contribution is -2.18. The van der Waals surface area contributed by atoms with Gasteiger partial charge in [-0.1, -0.05) is 5.16 Å². The number of anilines is 1. The molecule has 1 aromatic rings. The summed E-state index contributed by atoms with van der Waals surface area (Å²) in [6, 6.07) is -0.115. The maximum Gasteiger partial charge on any atom is 0.411 e. The van der Waals surface area contributed by atoms with Crippen molar-refractivity contribution < 1.29 is 22.4 Å². The van der Waals surface area contributed by atoms with Crippen LogP contribution in [0.4, 0.5) is 19.2 Å². The highest BCUT2D eigenvalue weighted by Crippen LogP contribution is 2.14. The van der Waals surface area contributed by atoms with Crippen molar-refractivity contribution in [1.82, 2.24) is 10.1 Å². The molecule has 0 spiro atoms. The van der Waals surface area contributed by atoms with Crippen LogP contribution < -0.4 is 5.73 Å². The number of aromatic nitrogens is 2. The minimum absolute atomic E-state index is 0.115. The third-order valence-corrected chi connectivity index (χ3v) is 1.22.